The van der Waals surface area contributed by atoms with Crippen LogP contribution < -0.4 is 9.88 Å². The average molecular weight is 297 g/mol. The van der Waals surface area contributed by atoms with Gasteiger partial charge in [0.2, 0.25) is 10.0 Å². The standard InChI is InChI=1S/C15H23NO3S/c1-2-12(11-20(16,17)18)10-19-15-8-7-13-5-3-4-6-14(13)9-15/h7-9,12H,2-6,10-11H2,1H3,(H2,16,17,18). The fourth-order valence-electron chi connectivity index (χ4n) is 2.63. The monoisotopic (exact) mass is 297 g/mol. The molecule has 2 N–H and O–H groups in total. The van der Waals surface area contributed by atoms with Crippen molar-refractivity contribution in [2.24, 2.45) is 11.1 Å². The molecule has 1 unspecified atom stereocenters. The summed E-state index contributed by atoms with van der Waals surface area (Å²) in [4.78, 5) is 0. The van der Waals surface area contributed by atoms with E-state index in [2.05, 4.69) is 12.1 Å². The van der Waals surface area contributed by atoms with Crippen LogP contribution in [0.2, 0.25) is 0 Å². The summed E-state index contributed by atoms with van der Waals surface area (Å²) in [5.74, 6) is 0.758. The van der Waals surface area contributed by atoms with Gasteiger partial charge in [0, 0.05) is 5.92 Å². The van der Waals surface area contributed by atoms with E-state index in [1.165, 1.54) is 24.0 Å². The molecule has 20 heavy (non-hydrogen) atoms. The Labute approximate surface area is 121 Å². The molecule has 0 radical (unpaired) electrons. The summed E-state index contributed by atoms with van der Waals surface area (Å²) < 4.78 is 28.0. The molecule has 4 nitrogen and oxygen atoms in total. The van der Waals surface area contributed by atoms with Gasteiger partial charge < -0.3 is 4.74 Å². The molecule has 0 saturated carbocycles. The first kappa shape index (κ1) is 15.3. The van der Waals surface area contributed by atoms with Crippen LogP contribution in [0.3, 0.4) is 0 Å². The summed E-state index contributed by atoms with van der Waals surface area (Å²) in [5, 5.41) is 5.09. The Balaban J connectivity index is 1.96. The quantitative estimate of drug-likeness (QED) is 0.875. The number of sulfonamides is 1. The summed E-state index contributed by atoms with van der Waals surface area (Å²) in [6, 6.07) is 6.20. The van der Waals surface area contributed by atoms with Crippen LogP contribution in [0, 0.1) is 5.92 Å². The van der Waals surface area contributed by atoms with Crippen molar-refractivity contribution in [2.75, 3.05) is 12.4 Å². The molecule has 1 atom stereocenters. The Bertz CT molecular complexity index is 554. The third-order valence-corrected chi connectivity index (χ3v) is 4.79. The van der Waals surface area contributed by atoms with E-state index < -0.39 is 10.0 Å². The van der Waals surface area contributed by atoms with Gasteiger partial charge in [0.1, 0.15) is 5.75 Å². The Morgan fingerprint density at radius 3 is 2.60 bits per heavy atom. The van der Waals surface area contributed by atoms with E-state index in [4.69, 9.17) is 9.88 Å². The molecule has 0 heterocycles. The summed E-state index contributed by atoms with van der Waals surface area (Å²) in [5.41, 5.74) is 2.79. The summed E-state index contributed by atoms with van der Waals surface area (Å²) in [7, 11) is -3.43. The van der Waals surface area contributed by atoms with Gasteiger partial charge in [-0.1, -0.05) is 13.0 Å². The highest BCUT2D eigenvalue weighted by atomic mass is 32.2. The van der Waals surface area contributed by atoms with Crippen molar-refractivity contribution < 1.29 is 13.2 Å². The molecular formula is C15H23NO3S. The Morgan fingerprint density at radius 1 is 1.25 bits per heavy atom. The minimum absolute atomic E-state index is 0.0194. The first-order chi connectivity index (χ1) is 9.48. The lowest BCUT2D eigenvalue weighted by atomic mass is 9.92. The van der Waals surface area contributed by atoms with Crippen molar-refractivity contribution >= 4 is 10.0 Å². The van der Waals surface area contributed by atoms with Crippen LogP contribution in [0.4, 0.5) is 0 Å². The minimum atomic E-state index is -3.43. The zero-order valence-corrected chi connectivity index (χ0v) is 12.8. The Morgan fingerprint density at radius 2 is 1.95 bits per heavy atom. The van der Waals surface area contributed by atoms with Crippen LogP contribution in [0.5, 0.6) is 5.75 Å². The lowest BCUT2D eigenvalue weighted by Gasteiger charge is -2.18. The number of hydrogen-bond donors (Lipinski definition) is 1. The SMILES string of the molecule is CCC(COc1ccc2c(c1)CCCC2)CS(N)(=O)=O. The second-order valence-electron chi connectivity index (χ2n) is 5.55. The number of rotatable bonds is 6. The van der Waals surface area contributed by atoms with Crippen molar-refractivity contribution in [3.05, 3.63) is 29.3 Å². The fraction of sp³-hybridized carbons (Fsp3) is 0.600. The number of benzene rings is 1. The van der Waals surface area contributed by atoms with Gasteiger partial charge in [-0.2, -0.15) is 0 Å². The van der Waals surface area contributed by atoms with E-state index in [0.717, 1.165) is 25.0 Å². The predicted molar refractivity (Wildman–Crippen MR) is 80.3 cm³/mol. The zero-order valence-electron chi connectivity index (χ0n) is 12.0. The topological polar surface area (TPSA) is 69.4 Å². The molecular weight excluding hydrogens is 274 g/mol. The molecule has 0 bridgehead atoms. The van der Waals surface area contributed by atoms with Gasteiger partial charge >= 0.3 is 0 Å². The van der Waals surface area contributed by atoms with Crippen molar-refractivity contribution in [3.63, 3.8) is 0 Å². The van der Waals surface area contributed by atoms with Crippen molar-refractivity contribution in [1.82, 2.24) is 0 Å². The predicted octanol–water partition coefficient (Wildman–Crippen LogP) is 2.26. The smallest absolute Gasteiger partial charge is 0.209 e. The molecule has 1 aliphatic rings. The van der Waals surface area contributed by atoms with Gasteiger partial charge in [-0.3, -0.25) is 0 Å². The van der Waals surface area contributed by atoms with E-state index in [1.54, 1.807) is 0 Å². The molecule has 2 rings (SSSR count). The number of fused-ring (bicyclic) bond motifs is 1. The lowest BCUT2D eigenvalue weighted by molar-refractivity contribution is 0.257. The van der Waals surface area contributed by atoms with E-state index in [-0.39, 0.29) is 11.7 Å². The number of nitrogens with two attached hydrogens (primary N) is 1. The maximum absolute atomic E-state index is 11.1. The Hall–Kier alpha value is -1.07. The molecule has 0 aliphatic heterocycles. The molecule has 0 saturated heterocycles. The van der Waals surface area contributed by atoms with E-state index in [0.29, 0.717) is 6.61 Å². The van der Waals surface area contributed by atoms with Gasteiger partial charge in [-0.25, -0.2) is 13.6 Å². The van der Waals surface area contributed by atoms with Gasteiger partial charge in [0.05, 0.1) is 12.4 Å². The van der Waals surface area contributed by atoms with Crippen LogP contribution in [-0.2, 0) is 22.9 Å². The molecule has 0 aromatic heterocycles. The van der Waals surface area contributed by atoms with E-state index in [1.807, 2.05) is 13.0 Å². The highest BCUT2D eigenvalue weighted by molar-refractivity contribution is 7.89. The van der Waals surface area contributed by atoms with Crippen molar-refractivity contribution in [1.29, 1.82) is 0 Å². The van der Waals surface area contributed by atoms with Crippen LogP contribution >= 0.6 is 0 Å². The molecule has 5 heteroatoms. The highest BCUT2D eigenvalue weighted by Crippen LogP contribution is 2.25. The number of hydrogen-bond acceptors (Lipinski definition) is 3. The van der Waals surface area contributed by atoms with Gasteiger partial charge in [-0.15, -0.1) is 0 Å². The maximum Gasteiger partial charge on any atom is 0.209 e. The molecule has 0 spiro atoms. The molecule has 112 valence electrons. The van der Waals surface area contributed by atoms with Crippen LogP contribution in [0.25, 0.3) is 0 Å². The number of primary sulfonamides is 1. The summed E-state index contributed by atoms with van der Waals surface area (Å²) >= 11 is 0. The molecule has 0 fully saturated rings. The summed E-state index contributed by atoms with van der Waals surface area (Å²) in [6.07, 6.45) is 5.50. The third-order valence-electron chi connectivity index (χ3n) is 3.85. The number of ether oxygens (including phenoxy) is 1. The fourth-order valence-corrected chi connectivity index (χ4v) is 3.62. The molecule has 1 aromatic carbocycles. The second kappa shape index (κ2) is 6.59. The normalized spacial score (nSPS) is 16.5. The zero-order chi connectivity index (χ0) is 14.6. The molecule has 1 aromatic rings. The van der Waals surface area contributed by atoms with Crippen molar-refractivity contribution in [3.8, 4) is 5.75 Å². The maximum atomic E-state index is 11.1. The van der Waals surface area contributed by atoms with Crippen LogP contribution in [0.15, 0.2) is 18.2 Å². The van der Waals surface area contributed by atoms with E-state index >= 15 is 0 Å². The molecule has 0 amide bonds. The van der Waals surface area contributed by atoms with Gasteiger partial charge in [0.25, 0.3) is 0 Å². The lowest BCUT2D eigenvalue weighted by Crippen LogP contribution is -2.26. The average Bonchev–Trinajstić information content (AvgIpc) is 2.42. The highest BCUT2D eigenvalue weighted by Gasteiger charge is 2.15. The Kier molecular flexibility index (Phi) is 5.05. The second-order valence-corrected chi connectivity index (χ2v) is 7.21. The van der Waals surface area contributed by atoms with E-state index in [9.17, 15) is 8.42 Å². The van der Waals surface area contributed by atoms with Gasteiger partial charge in [-0.05, 0) is 55.4 Å². The largest absolute Gasteiger partial charge is 0.493 e. The van der Waals surface area contributed by atoms with Gasteiger partial charge in [0.15, 0.2) is 0 Å². The summed E-state index contributed by atoms with van der Waals surface area (Å²) in [6.45, 7) is 2.35. The van der Waals surface area contributed by atoms with Crippen LogP contribution in [-0.4, -0.2) is 20.8 Å². The minimum Gasteiger partial charge on any atom is -0.493 e. The number of aryl methyl sites for hydroxylation is 2. The first-order valence-electron chi connectivity index (χ1n) is 7.23. The third kappa shape index (κ3) is 4.49. The first-order valence-corrected chi connectivity index (χ1v) is 8.94. The van der Waals surface area contributed by atoms with Crippen molar-refractivity contribution in [2.45, 2.75) is 39.0 Å². The van der Waals surface area contributed by atoms with Crippen LogP contribution in [0.1, 0.15) is 37.3 Å². The molecule has 1 aliphatic carbocycles.